The maximum atomic E-state index is 11.9. The van der Waals surface area contributed by atoms with Crippen LogP contribution in [-0.4, -0.2) is 24.0 Å². The number of carbonyl (C=O) groups is 2. The molecule has 1 amide bonds. The van der Waals surface area contributed by atoms with Gasteiger partial charge in [0.1, 0.15) is 17.1 Å². The number of nitrogens with zero attached hydrogens (tertiary/aromatic N) is 1. The summed E-state index contributed by atoms with van der Waals surface area (Å²) >= 11 is 0. The minimum atomic E-state index is -0.800. The van der Waals surface area contributed by atoms with Crippen LogP contribution >= 0.6 is 0 Å². The van der Waals surface area contributed by atoms with Gasteiger partial charge in [0.05, 0.1) is 12.5 Å². The highest BCUT2D eigenvalue weighted by Crippen LogP contribution is 2.28. The summed E-state index contributed by atoms with van der Waals surface area (Å²) in [7, 11) is 0. The summed E-state index contributed by atoms with van der Waals surface area (Å²) in [5.41, 5.74) is 0.173. The lowest BCUT2D eigenvalue weighted by atomic mass is 10.00. The first-order chi connectivity index (χ1) is 13.1. The highest BCUT2D eigenvalue weighted by Gasteiger charge is 2.35. The Labute approximate surface area is 158 Å². The topological polar surface area (TPSA) is 92.3 Å². The minimum Gasteiger partial charge on any atom is -0.461 e. The number of hydrogen-bond donors (Lipinski definition) is 1. The van der Waals surface area contributed by atoms with E-state index in [0.717, 1.165) is 24.2 Å². The number of aryl methyl sites for hydroxylation is 1. The molecule has 1 saturated carbocycles. The van der Waals surface area contributed by atoms with E-state index in [9.17, 15) is 14.9 Å². The number of ether oxygens (including phenoxy) is 1. The number of furan rings is 1. The van der Waals surface area contributed by atoms with Crippen LogP contribution in [0.15, 0.2) is 46.9 Å². The van der Waals surface area contributed by atoms with Gasteiger partial charge >= 0.3 is 5.97 Å². The number of nitrogens with one attached hydrogen (secondary N) is 1. The third-order valence-corrected chi connectivity index (χ3v) is 4.71. The van der Waals surface area contributed by atoms with E-state index in [4.69, 9.17) is 9.15 Å². The van der Waals surface area contributed by atoms with Crippen LogP contribution in [0.2, 0.25) is 0 Å². The predicted molar refractivity (Wildman–Crippen MR) is 98.4 cm³/mol. The molecule has 1 heterocycles. The first-order valence-corrected chi connectivity index (χ1v) is 9.12. The first-order valence-electron chi connectivity index (χ1n) is 9.12. The monoisotopic (exact) mass is 366 g/mol. The number of carbonyl (C=O) groups excluding carboxylic acids is 2. The number of amides is 1. The molecule has 0 atom stereocenters. The van der Waals surface area contributed by atoms with Crippen molar-refractivity contribution in [2.45, 2.75) is 44.1 Å². The van der Waals surface area contributed by atoms with Crippen molar-refractivity contribution in [3.05, 3.63) is 48.2 Å². The predicted octanol–water partition coefficient (Wildman–Crippen LogP) is 3.37. The molecule has 1 fully saturated rings. The van der Waals surface area contributed by atoms with Crippen molar-refractivity contribution in [3.8, 4) is 17.4 Å². The molecule has 0 radical (unpaired) electrons. The number of esters is 1. The fraction of sp³-hybridized carbons (Fsp3) is 0.381. The zero-order valence-electron chi connectivity index (χ0n) is 15.1. The normalized spacial score (nSPS) is 15.1. The van der Waals surface area contributed by atoms with Crippen LogP contribution in [-0.2, 0) is 20.7 Å². The van der Waals surface area contributed by atoms with Crippen molar-refractivity contribution < 1.29 is 18.7 Å². The molecule has 0 unspecified atom stereocenters. The molecule has 140 valence electrons. The molecule has 6 heteroatoms. The van der Waals surface area contributed by atoms with Crippen molar-refractivity contribution >= 4 is 11.9 Å². The molecule has 3 rings (SSSR count). The van der Waals surface area contributed by atoms with Crippen molar-refractivity contribution in [1.29, 1.82) is 5.26 Å². The van der Waals surface area contributed by atoms with E-state index in [1.54, 1.807) is 0 Å². The zero-order valence-corrected chi connectivity index (χ0v) is 15.1. The van der Waals surface area contributed by atoms with E-state index in [0.29, 0.717) is 25.0 Å². The fourth-order valence-corrected chi connectivity index (χ4v) is 3.26. The Kier molecular flexibility index (Phi) is 5.92. The molecule has 1 aliphatic carbocycles. The maximum absolute atomic E-state index is 11.9. The van der Waals surface area contributed by atoms with Gasteiger partial charge < -0.3 is 14.5 Å². The summed E-state index contributed by atoms with van der Waals surface area (Å²) in [6.07, 6.45) is 3.65. The summed E-state index contributed by atoms with van der Waals surface area (Å²) in [5, 5.41) is 12.0. The molecular formula is C21H22N2O4. The molecule has 0 spiro atoms. The van der Waals surface area contributed by atoms with Gasteiger partial charge in [0.15, 0.2) is 6.61 Å². The summed E-state index contributed by atoms with van der Waals surface area (Å²) in [6.45, 7) is -0.365. The van der Waals surface area contributed by atoms with Gasteiger partial charge in [-0.1, -0.05) is 30.3 Å². The third kappa shape index (κ3) is 4.98. The minimum absolute atomic E-state index is 0.123. The van der Waals surface area contributed by atoms with E-state index >= 15 is 0 Å². The molecule has 0 saturated heterocycles. The Morgan fingerprint density at radius 3 is 2.59 bits per heavy atom. The Hall–Kier alpha value is -3.07. The van der Waals surface area contributed by atoms with Gasteiger partial charge in [0, 0.05) is 12.0 Å². The average molecular weight is 366 g/mol. The van der Waals surface area contributed by atoms with Crippen molar-refractivity contribution in [1.82, 2.24) is 5.32 Å². The number of nitriles is 1. The first kappa shape index (κ1) is 18.7. The van der Waals surface area contributed by atoms with Gasteiger partial charge in [-0.2, -0.15) is 5.26 Å². The summed E-state index contributed by atoms with van der Waals surface area (Å²) in [6, 6.07) is 15.6. The smallest absolute Gasteiger partial charge is 0.306 e. The molecule has 6 nitrogen and oxygen atoms in total. The third-order valence-electron chi connectivity index (χ3n) is 4.71. The average Bonchev–Trinajstić information content (AvgIpc) is 3.35. The lowest BCUT2D eigenvalue weighted by molar-refractivity contribution is -0.148. The van der Waals surface area contributed by atoms with E-state index in [1.807, 2.05) is 42.5 Å². The molecule has 1 aromatic carbocycles. The Bertz CT molecular complexity index is 829. The van der Waals surface area contributed by atoms with Crippen molar-refractivity contribution in [2.75, 3.05) is 6.61 Å². The van der Waals surface area contributed by atoms with Gasteiger partial charge in [-0.05, 0) is 37.8 Å². The summed E-state index contributed by atoms with van der Waals surface area (Å²) in [4.78, 5) is 23.8. The second-order valence-corrected chi connectivity index (χ2v) is 6.74. The van der Waals surface area contributed by atoms with E-state index in [-0.39, 0.29) is 13.0 Å². The Balaban J connectivity index is 1.42. The highest BCUT2D eigenvalue weighted by molar-refractivity contribution is 5.81. The van der Waals surface area contributed by atoms with Crippen LogP contribution in [0, 0.1) is 11.3 Å². The van der Waals surface area contributed by atoms with Crippen LogP contribution in [0.3, 0.4) is 0 Å². The molecule has 0 bridgehead atoms. The van der Waals surface area contributed by atoms with Gasteiger partial charge in [-0.25, -0.2) is 0 Å². The van der Waals surface area contributed by atoms with E-state index in [1.165, 1.54) is 0 Å². The Morgan fingerprint density at radius 1 is 1.15 bits per heavy atom. The molecule has 2 aromatic rings. The quantitative estimate of drug-likeness (QED) is 0.759. The largest absolute Gasteiger partial charge is 0.461 e. The number of hydrogen-bond acceptors (Lipinski definition) is 5. The van der Waals surface area contributed by atoms with Crippen LogP contribution in [0.1, 0.15) is 37.9 Å². The lowest BCUT2D eigenvalue weighted by Gasteiger charge is -2.21. The molecule has 1 aromatic heterocycles. The second kappa shape index (κ2) is 8.54. The van der Waals surface area contributed by atoms with E-state index < -0.39 is 17.4 Å². The van der Waals surface area contributed by atoms with Crippen LogP contribution < -0.4 is 5.32 Å². The van der Waals surface area contributed by atoms with Gasteiger partial charge in [0.2, 0.25) is 0 Å². The number of benzene rings is 1. The van der Waals surface area contributed by atoms with Crippen LogP contribution in [0.25, 0.3) is 11.3 Å². The molecule has 1 aliphatic rings. The Morgan fingerprint density at radius 2 is 1.89 bits per heavy atom. The fourth-order valence-electron chi connectivity index (χ4n) is 3.26. The van der Waals surface area contributed by atoms with Crippen molar-refractivity contribution in [3.63, 3.8) is 0 Å². The van der Waals surface area contributed by atoms with Gasteiger partial charge in [-0.3, -0.25) is 9.59 Å². The second-order valence-electron chi connectivity index (χ2n) is 6.74. The summed E-state index contributed by atoms with van der Waals surface area (Å²) < 4.78 is 10.8. The van der Waals surface area contributed by atoms with Crippen LogP contribution in [0.5, 0.6) is 0 Å². The molecule has 1 N–H and O–H groups in total. The van der Waals surface area contributed by atoms with Gasteiger partial charge in [0.25, 0.3) is 5.91 Å². The molecule has 0 aliphatic heterocycles. The highest BCUT2D eigenvalue weighted by atomic mass is 16.5. The maximum Gasteiger partial charge on any atom is 0.306 e. The zero-order chi connectivity index (χ0) is 19.1. The standard InChI is InChI=1S/C21H22N2O4/c22-15-21(12-4-5-13-21)23-19(24)14-26-20(25)11-9-17-8-10-18(27-17)16-6-2-1-3-7-16/h1-3,6-8,10H,4-5,9,11-14H2,(H,23,24). The molecule has 27 heavy (non-hydrogen) atoms. The molecular weight excluding hydrogens is 344 g/mol. The number of rotatable bonds is 7. The van der Waals surface area contributed by atoms with E-state index in [2.05, 4.69) is 11.4 Å². The lowest BCUT2D eigenvalue weighted by Crippen LogP contribution is -2.46. The van der Waals surface area contributed by atoms with Crippen molar-refractivity contribution in [2.24, 2.45) is 0 Å². The van der Waals surface area contributed by atoms with Crippen LogP contribution in [0.4, 0.5) is 0 Å². The SMILES string of the molecule is N#CC1(NC(=O)COC(=O)CCc2ccc(-c3ccccc3)o2)CCCC1. The summed E-state index contributed by atoms with van der Waals surface area (Å²) in [5.74, 6) is 0.526. The van der Waals surface area contributed by atoms with Gasteiger partial charge in [-0.15, -0.1) is 0 Å².